The zero-order valence-electron chi connectivity index (χ0n) is 26.7. The monoisotopic (exact) mass is 504 g/mol. The molecule has 2 rings (SSSR count). The number of hydrogen-bond acceptors (Lipinski definition) is 1. The summed E-state index contributed by atoms with van der Waals surface area (Å²) in [4.78, 5) is 0. The third kappa shape index (κ3) is 6.71. The molecule has 0 unspecified atom stereocenters. The first kappa shape index (κ1) is 31.2. The van der Waals surface area contributed by atoms with Crippen LogP contribution < -0.4 is 0 Å². The van der Waals surface area contributed by atoms with E-state index in [1.165, 1.54) is 44.5 Å². The highest BCUT2D eigenvalue weighted by atomic mass is 16.3. The van der Waals surface area contributed by atoms with Crippen LogP contribution in [0.15, 0.2) is 30.0 Å². The van der Waals surface area contributed by atoms with Gasteiger partial charge in [-0.15, -0.1) is 0 Å². The predicted octanol–water partition coefficient (Wildman–Crippen LogP) is 11.8. The lowest BCUT2D eigenvalue weighted by atomic mass is 9.73. The minimum atomic E-state index is -0.381. The third-order valence-corrected chi connectivity index (χ3v) is 7.71. The van der Waals surface area contributed by atoms with Crippen molar-refractivity contribution >= 4 is 5.57 Å². The Labute approximate surface area is 229 Å². The van der Waals surface area contributed by atoms with Gasteiger partial charge in [-0.05, 0) is 80.0 Å². The Balaban J connectivity index is 3.33. The Hall–Kier alpha value is -2.02. The normalized spacial score (nSPS) is 12.7. The minimum Gasteiger partial charge on any atom is -0.511 e. The second-order valence-corrected chi connectivity index (χ2v) is 14.1. The fraction of sp³-hybridized carbons (Fsp3) is 0.611. The highest BCUT2D eigenvalue weighted by Crippen LogP contribution is 2.47. The molecular weight excluding hydrogens is 448 g/mol. The lowest BCUT2D eigenvalue weighted by molar-refractivity contribution is 0.280. The number of benzene rings is 2. The van der Waals surface area contributed by atoms with Crippen LogP contribution in [0.5, 0.6) is 0 Å². The molecule has 0 heterocycles. The van der Waals surface area contributed by atoms with Crippen LogP contribution >= 0.6 is 0 Å². The van der Waals surface area contributed by atoms with E-state index in [1.807, 2.05) is 0 Å². The van der Waals surface area contributed by atoms with Gasteiger partial charge in [0.05, 0.1) is 0 Å². The summed E-state index contributed by atoms with van der Waals surface area (Å²) in [5.74, 6) is 2.77. The van der Waals surface area contributed by atoms with E-state index in [-0.39, 0.29) is 5.41 Å². The van der Waals surface area contributed by atoms with Crippen molar-refractivity contribution in [3.63, 3.8) is 0 Å². The van der Waals surface area contributed by atoms with Crippen LogP contribution in [0.3, 0.4) is 0 Å². The first-order valence-electron chi connectivity index (χ1n) is 14.7. The molecule has 0 atom stereocenters. The predicted molar refractivity (Wildman–Crippen MR) is 166 cm³/mol. The van der Waals surface area contributed by atoms with Gasteiger partial charge in [-0.1, -0.05) is 128 Å². The third-order valence-electron chi connectivity index (χ3n) is 7.71. The van der Waals surface area contributed by atoms with Crippen molar-refractivity contribution in [3.05, 3.63) is 74.5 Å². The molecule has 0 radical (unpaired) electrons. The molecule has 0 aromatic heterocycles. The van der Waals surface area contributed by atoms with Gasteiger partial charge in [0.15, 0.2) is 0 Å². The van der Waals surface area contributed by atoms with Crippen LogP contribution in [0.25, 0.3) is 5.57 Å². The number of rotatable bonds is 8. The van der Waals surface area contributed by atoms with Gasteiger partial charge in [-0.25, -0.2) is 0 Å². The summed E-state index contributed by atoms with van der Waals surface area (Å²) in [7, 11) is 0. The molecule has 0 spiro atoms. The maximum absolute atomic E-state index is 12.2. The van der Waals surface area contributed by atoms with Gasteiger partial charge in [-0.2, -0.15) is 0 Å². The average molecular weight is 505 g/mol. The van der Waals surface area contributed by atoms with Gasteiger partial charge < -0.3 is 5.11 Å². The summed E-state index contributed by atoms with van der Waals surface area (Å²) in [5, 5.41) is 12.2. The summed E-state index contributed by atoms with van der Waals surface area (Å²) >= 11 is 0. The highest BCUT2D eigenvalue weighted by Gasteiger charge is 2.32. The van der Waals surface area contributed by atoms with Crippen LogP contribution in [0.2, 0.25) is 0 Å². The van der Waals surface area contributed by atoms with Gasteiger partial charge in [0, 0.05) is 11.0 Å². The van der Waals surface area contributed by atoms with Crippen molar-refractivity contribution < 1.29 is 5.11 Å². The van der Waals surface area contributed by atoms with E-state index in [0.29, 0.717) is 41.3 Å². The number of aliphatic hydroxyl groups is 1. The molecule has 206 valence electrons. The number of aliphatic hydroxyl groups excluding tert-OH is 1. The van der Waals surface area contributed by atoms with Crippen molar-refractivity contribution in [2.24, 2.45) is 5.41 Å². The van der Waals surface area contributed by atoms with Crippen molar-refractivity contribution in [1.29, 1.82) is 0 Å². The summed E-state index contributed by atoms with van der Waals surface area (Å²) in [6, 6.07) is 9.66. The molecule has 0 aliphatic rings. The van der Waals surface area contributed by atoms with E-state index < -0.39 is 0 Å². The van der Waals surface area contributed by atoms with Crippen molar-refractivity contribution in [2.45, 2.75) is 139 Å². The molecule has 0 aliphatic carbocycles. The molecule has 1 heteroatoms. The smallest absolute Gasteiger partial charge is 0.106 e. The Morgan fingerprint density at radius 2 is 0.730 bits per heavy atom. The molecule has 0 bridgehead atoms. The number of hydrogen-bond donors (Lipinski definition) is 1. The fourth-order valence-corrected chi connectivity index (χ4v) is 5.23. The van der Waals surface area contributed by atoms with Crippen LogP contribution in [-0.4, -0.2) is 5.11 Å². The molecule has 2 aromatic carbocycles. The maximum Gasteiger partial charge on any atom is 0.106 e. The van der Waals surface area contributed by atoms with Gasteiger partial charge in [0.2, 0.25) is 0 Å². The summed E-state index contributed by atoms with van der Waals surface area (Å²) in [6.07, 6.45) is 0. The van der Waals surface area contributed by atoms with Crippen LogP contribution in [-0.2, 0) is 0 Å². The maximum atomic E-state index is 12.2. The van der Waals surface area contributed by atoms with E-state index >= 15 is 0 Å². The fourth-order valence-electron chi connectivity index (χ4n) is 5.23. The molecule has 0 saturated heterocycles. The van der Waals surface area contributed by atoms with Crippen LogP contribution in [0.4, 0.5) is 0 Å². The van der Waals surface area contributed by atoms with E-state index in [4.69, 9.17) is 0 Å². The molecule has 1 nitrogen and oxygen atoms in total. The zero-order valence-corrected chi connectivity index (χ0v) is 26.7. The summed E-state index contributed by atoms with van der Waals surface area (Å²) < 4.78 is 0. The summed E-state index contributed by atoms with van der Waals surface area (Å²) in [6.45, 7) is 33.9. The van der Waals surface area contributed by atoms with Crippen LogP contribution in [0.1, 0.15) is 184 Å². The Morgan fingerprint density at radius 3 is 0.892 bits per heavy atom. The molecule has 0 saturated carbocycles. The second-order valence-electron chi connectivity index (χ2n) is 14.1. The molecule has 0 aliphatic heterocycles. The highest BCUT2D eigenvalue weighted by molar-refractivity contribution is 5.89. The minimum absolute atomic E-state index is 0.342. The lowest BCUT2D eigenvalue weighted by Gasteiger charge is -2.32. The van der Waals surface area contributed by atoms with Crippen molar-refractivity contribution in [3.8, 4) is 0 Å². The molecule has 0 amide bonds. The van der Waals surface area contributed by atoms with Gasteiger partial charge >= 0.3 is 0 Å². The zero-order chi connectivity index (χ0) is 28.6. The first-order valence-corrected chi connectivity index (χ1v) is 14.7. The quantitative estimate of drug-likeness (QED) is 0.354. The van der Waals surface area contributed by atoms with Crippen LogP contribution in [0, 0.1) is 5.41 Å². The molecule has 0 fully saturated rings. The Morgan fingerprint density at radius 1 is 0.486 bits per heavy atom. The molecule has 37 heavy (non-hydrogen) atoms. The number of allylic oxidation sites excluding steroid dienone is 1. The van der Waals surface area contributed by atoms with Gasteiger partial charge in [0.25, 0.3) is 0 Å². The van der Waals surface area contributed by atoms with E-state index in [0.717, 1.165) is 5.57 Å². The Kier molecular flexibility index (Phi) is 9.94. The first-order chi connectivity index (χ1) is 16.9. The van der Waals surface area contributed by atoms with E-state index in [9.17, 15) is 5.11 Å². The van der Waals surface area contributed by atoms with Crippen molar-refractivity contribution in [1.82, 2.24) is 0 Å². The molecular formula is C36H56O. The second kappa shape index (κ2) is 11.8. The summed E-state index contributed by atoms with van der Waals surface area (Å²) in [5.41, 5.74) is 11.3. The lowest BCUT2D eigenvalue weighted by Crippen LogP contribution is -2.18. The Bertz CT molecular complexity index is 978. The van der Waals surface area contributed by atoms with Gasteiger partial charge in [-0.3, -0.25) is 0 Å². The molecule has 2 aromatic rings. The molecule has 1 N–H and O–H groups in total. The van der Waals surface area contributed by atoms with E-state index in [1.54, 1.807) is 0 Å². The van der Waals surface area contributed by atoms with E-state index in [2.05, 4.69) is 128 Å². The SMILES string of the molecule is CC(C)c1cc(C(C)C)c(C(=C(O)C(C)(C)C)c2c(C(C)C)cc(C(C)C)cc2C(C)C)c(C(C)C)c1. The average Bonchev–Trinajstić information content (AvgIpc) is 2.77. The van der Waals surface area contributed by atoms with Crippen molar-refractivity contribution in [2.75, 3.05) is 0 Å². The largest absolute Gasteiger partial charge is 0.511 e. The standard InChI is InChI=1S/C36H56O/c1-20(2)26-16-28(22(5)6)32(29(17-26)23(7)8)34(35(37)36(13,14)15)33-30(24(9)10)18-27(21(3)4)19-31(33)25(11)12/h16-25,37H,1-15H3. The van der Waals surface area contributed by atoms with Gasteiger partial charge in [0.1, 0.15) is 5.76 Å². The topological polar surface area (TPSA) is 20.2 Å².